The first-order valence-corrected chi connectivity index (χ1v) is 12.9. The van der Waals surface area contributed by atoms with Crippen molar-refractivity contribution in [2.75, 3.05) is 39.6 Å². The number of ether oxygens (including phenoxy) is 3. The molecule has 0 aromatic rings. The minimum atomic E-state index is -6.75. The summed E-state index contributed by atoms with van der Waals surface area (Å²) in [6.45, 7) is -11.5. The summed E-state index contributed by atoms with van der Waals surface area (Å²) in [6.07, 6.45) is -25.9. The Bertz CT molecular complexity index is 925. The molecule has 0 aromatic carbocycles. The van der Waals surface area contributed by atoms with Gasteiger partial charge >= 0.3 is 54.1 Å². The molecule has 0 aromatic heterocycles. The molecule has 0 amide bonds. The van der Waals surface area contributed by atoms with Crippen LogP contribution in [0.3, 0.4) is 0 Å². The highest BCUT2D eigenvalue weighted by Crippen LogP contribution is 2.48. The number of hydrogen-bond donors (Lipinski definition) is 0. The van der Waals surface area contributed by atoms with E-state index in [4.69, 9.17) is 0 Å². The molecule has 0 fully saturated rings. The average Bonchev–Trinajstić information content (AvgIpc) is 2.89. The van der Waals surface area contributed by atoms with Gasteiger partial charge in [-0.3, -0.25) is 10.1 Å². The van der Waals surface area contributed by atoms with Crippen molar-refractivity contribution in [3.05, 3.63) is 10.1 Å². The van der Waals surface area contributed by atoms with Gasteiger partial charge in [0.15, 0.2) is 0 Å². The van der Waals surface area contributed by atoms with Crippen LogP contribution in [0.25, 0.3) is 0 Å². The molecular weight excluding hydrogens is 757 g/mol. The van der Waals surface area contributed by atoms with Crippen LogP contribution in [0.5, 0.6) is 0 Å². The third kappa shape index (κ3) is 11.4. The smallest absolute Gasteiger partial charge is 0.375 e. The molecule has 0 heterocycles. The fourth-order valence-electron chi connectivity index (χ4n) is 3.65. The van der Waals surface area contributed by atoms with E-state index in [-0.39, 0.29) is 0 Å². The molecule has 27 heteroatoms. The highest BCUT2D eigenvalue weighted by Gasteiger charge is 2.74. The first-order chi connectivity index (χ1) is 21.6. The maximum Gasteiger partial charge on any atom is 0.459 e. The second-order valence-electron chi connectivity index (χ2n) is 10.3. The molecule has 294 valence electrons. The first-order valence-electron chi connectivity index (χ1n) is 12.9. The zero-order chi connectivity index (χ0) is 39.2. The second-order valence-corrected chi connectivity index (χ2v) is 10.3. The van der Waals surface area contributed by atoms with Gasteiger partial charge in [-0.05, 0) is 19.3 Å². The molecule has 0 spiro atoms. The van der Waals surface area contributed by atoms with Gasteiger partial charge in [-0.1, -0.05) is 0 Å². The lowest BCUT2D eigenvalue weighted by Gasteiger charge is -2.29. The zero-order valence-electron chi connectivity index (χ0n) is 23.9. The predicted molar refractivity (Wildman–Crippen MR) is 118 cm³/mol. The van der Waals surface area contributed by atoms with E-state index in [9.17, 15) is 102 Å². The second kappa shape index (κ2) is 16.0. The Morgan fingerprint density at radius 2 is 0.612 bits per heavy atom. The van der Waals surface area contributed by atoms with E-state index in [1.54, 1.807) is 0 Å². The van der Waals surface area contributed by atoms with Gasteiger partial charge in [0.1, 0.15) is 19.8 Å². The average molecular weight is 781 g/mol. The molecule has 0 radical (unpaired) electrons. The molecule has 0 N–H and O–H groups in total. The van der Waals surface area contributed by atoms with Crippen LogP contribution in [0.1, 0.15) is 38.5 Å². The van der Waals surface area contributed by atoms with Crippen molar-refractivity contribution < 1.29 is 111 Å². The van der Waals surface area contributed by atoms with Crippen molar-refractivity contribution in [2.45, 2.75) is 98.1 Å². The summed E-state index contributed by atoms with van der Waals surface area (Å²) >= 11 is 0. The van der Waals surface area contributed by atoms with Crippen molar-refractivity contribution in [3.63, 3.8) is 0 Å². The first kappa shape index (κ1) is 46.8. The van der Waals surface area contributed by atoms with Crippen LogP contribution in [-0.2, 0) is 14.2 Å². The van der Waals surface area contributed by atoms with E-state index in [0.29, 0.717) is 0 Å². The monoisotopic (exact) mass is 781 g/mol. The highest BCUT2D eigenvalue weighted by molar-refractivity contribution is 4.93. The van der Waals surface area contributed by atoms with E-state index in [1.165, 1.54) is 0 Å². The lowest BCUT2D eigenvalue weighted by Crippen LogP contribution is -2.54. The van der Waals surface area contributed by atoms with E-state index in [1.807, 2.05) is 0 Å². The molecule has 49 heavy (non-hydrogen) atoms. The third-order valence-corrected chi connectivity index (χ3v) is 6.48. The fourth-order valence-corrected chi connectivity index (χ4v) is 3.65. The molecule has 0 atom stereocenters. The molecular formula is C22H24F21NO5. The largest absolute Gasteiger partial charge is 0.459 e. The SMILES string of the molecule is O=[N+]([O-])C(CCCOCC(F)(F)C(F)(F)C(F)(F)F)(CCCOCC(F)(F)C(F)(F)C(F)(F)F)CCCOCC(F)(F)C(F)(F)C(F)(F)F. The van der Waals surface area contributed by atoms with Crippen molar-refractivity contribution in [2.24, 2.45) is 0 Å². The number of halogens is 21. The van der Waals surface area contributed by atoms with Gasteiger partial charge in [-0.2, -0.15) is 92.2 Å². The maximum absolute atomic E-state index is 13.4. The van der Waals surface area contributed by atoms with Crippen LogP contribution in [0.4, 0.5) is 92.2 Å². The van der Waals surface area contributed by atoms with Gasteiger partial charge in [0.2, 0.25) is 5.54 Å². The molecule has 0 saturated heterocycles. The van der Waals surface area contributed by atoms with E-state index < -0.39 is 143 Å². The van der Waals surface area contributed by atoms with Gasteiger partial charge in [0.25, 0.3) is 0 Å². The summed E-state index contributed by atoms with van der Waals surface area (Å²) in [7, 11) is 0. The summed E-state index contributed by atoms with van der Waals surface area (Å²) in [4.78, 5) is 10.6. The zero-order valence-corrected chi connectivity index (χ0v) is 23.9. The van der Waals surface area contributed by atoms with Gasteiger partial charge in [-0.15, -0.1) is 0 Å². The van der Waals surface area contributed by atoms with Crippen molar-refractivity contribution in [1.29, 1.82) is 0 Å². The van der Waals surface area contributed by atoms with Crippen molar-refractivity contribution >= 4 is 0 Å². The maximum atomic E-state index is 13.4. The Balaban J connectivity index is 5.62. The number of nitrogens with zero attached hydrogens (tertiary/aromatic N) is 1. The number of hydrogen-bond acceptors (Lipinski definition) is 5. The Morgan fingerprint density at radius 3 is 0.776 bits per heavy atom. The number of nitro groups is 1. The molecule has 0 aliphatic heterocycles. The van der Waals surface area contributed by atoms with Gasteiger partial charge in [-0.25, -0.2) is 0 Å². The molecule has 0 rings (SSSR count). The lowest BCUT2D eigenvalue weighted by atomic mass is 9.84. The van der Waals surface area contributed by atoms with E-state index >= 15 is 0 Å². The van der Waals surface area contributed by atoms with E-state index in [0.717, 1.165) is 0 Å². The van der Waals surface area contributed by atoms with Gasteiger partial charge in [0.05, 0.1) is 0 Å². The summed E-state index contributed by atoms with van der Waals surface area (Å²) < 4.78 is 280. The number of rotatable bonds is 22. The van der Waals surface area contributed by atoms with E-state index in [2.05, 4.69) is 14.2 Å². The minimum Gasteiger partial charge on any atom is -0.375 e. The van der Waals surface area contributed by atoms with Crippen LogP contribution in [0.15, 0.2) is 0 Å². The Morgan fingerprint density at radius 1 is 0.408 bits per heavy atom. The topological polar surface area (TPSA) is 70.8 Å². The summed E-state index contributed by atoms with van der Waals surface area (Å²) in [5.41, 5.74) is -2.56. The normalized spacial score (nSPS) is 15.2. The Kier molecular flexibility index (Phi) is 15.3. The molecule has 0 aliphatic rings. The Labute approximate surface area is 260 Å². The van der Waals surface area contributed by atoms with Crippen molar-refractivity contribution in [3.8, 4) is 0 Å². The van der Waals surface area contributed by atoms with Gasteiger partial charge < -0.3 is 14.2 Å². The van der Waals surface area contributed by atoms with Crippen LogP contribution in [0.2, 0.25) is 0 Å². The fraction of sp³-hybridized carbons (Fsp3) is 1.00. The van der Waals surface area contributed by atoms with Crippen molar-refractivity contribution in [1.82, 2.24) is 0 Å². The molecule has 0 bridgehead atoms. The summed E-state index contributed by atoms with van der Waals surface area (Å²) in [6, 6.07) is 0. The van der Waals surface area contributed by atoms with Crippen LogP contribution in [-0.4, -0.2) is 104 Å². The van der Waals surface area contributed by atoms with Crippen LogP contribution < -0.4 is 0 Å². The quantitative estimate of drug-likeness (QED) is 0.0475. The summed E-state index contributed by atoms with van der Waals surface area (Å²) in [5.74, 6) is -37.4. The van der Waals surface area contributed by atoms with Crippen LogP contribution >= 0.6 is 0 Å². The predicted octanol–water partition coefficient (Wildman–Crippen LogP) is 8.89. The third-order valence-electron chi connectivity index (χ3n) is 6.48. The molecule has 0 saturated carbocycles. The number of alkyl halides is 21. The molecule has 6 nitrogen and oxygen atoms in total. The lowest BCUT2D eigenvalue weighted by molar-refractivity contribution is -0.574. The standard InChI is InChI=1S/C22H24F21NO5/c23-14(24,17(29,30)20(35,36)37)10-47-7-1-4-13(44(45)46,5-2-8-48-11-15(25,26)18(31,32)21(38,39)40)6-3-9-49-12-16(27,28)19(33,34)22(41,42)43/h1-12H2. The Hall–Kier alpha value is -2.19. The molecule has 0 unspecified atom stereocenters. The summed E-state index contributed by atoms with van der Waals surface area (Å²) in [5, 5.41) is 11.9. The highest BCUT2D eigenvalue weighted by atomic mass is 19.4. The minimum absolute atomic E-state index is 0.887. The van der Waals surface area contributed by atoms with Gasteiger partial charge in [0, 0.05) is 44.0 Å². The van der Waals surface area contributed by atoms with Crippen LogP contribution in [0, 0.1) is 10.1 Å². The molecule has 0 aliphatic carbocycles.